The molecule has 0 bridgehead atoms. The highest BCUT2D eigenvalue weighted by atomic mass is 79.9. The first kappa shape index (κ1) is 25.8. The van der Waals surface area contributed by atoms with Gasteiger partial charge in [0, 0.05) is 34.5 Å². The number of hydrogen-bond donors (Lipinski definition) is 1. The molecule has 9 heteroatoms. The SMILES string of the molecule is COc1ccc(NC(=O)CN2CN(c3ccccc3)C3(CCN(C(=O)c4cccc(Br)c4)CC3)C2=O)cc1. The van der Waals surface area contributed by atoms with E-state index in [2.05, 4.69) is 26.1 Å². The predicted molar refractivity (Wildman–Crippen MR) is 149 cm³/mol. The minimum Gasteiger partial charge on any atom is -0.497 e. The predicted octanol–water partition coefficient (Wildman–Crippen LogP) is 4.38. The third kappa shape index (κ3) is 5.11. The van der Waals surface area contributed by atoms with Crippen molar-refractivity contribution >= 4 is 45.0 Å². The molecule has 0 aliphatic carbocycles. The maximum Gasteiger partial charge on any atom is 0.253 e. The fourth-order valence-electron chi connectivity index (χ4n) is 5.25. The van der Waals surface area contributed by atoms with E-state index in [0.29, 0.717) is 49.6 Å². The van der Waals surface area contributed by atoms with E-state index in [-0.39, 0.29) is 24.3 Å². The summed E-state index contributed by atoms with van der Waals surface area (Å²) in [6, 6.07) is 24.2. The summed E-state index contributed by atoms with van der Waals surface area (Å²) in [5.41, 5.74) is 1.36. The molecule has 0 unspecified atom stereocenters. The van der Waals surface area contributed by atoms with E-state index in [4.69, 9.17) is 4.74 Å². The van der Waals surface area contributed by atoms with E-state index >= 15 is 0 Å². The Hall–Kier alpha value is -3.85. The minimum atomic E-state index is -0.810. The second-order valence-electron chi connectivity index (χ2n) is 9.52. The smallest absolute Gasteiger partial charge is 0.253 e. The summed E-state index contributed by atoms with van der Waals surface area (Å²) < 4.78 is 6.02. The zero-order chi connectivity index (χ0) is 26.7. The fraction of sp³-hybridized carbons (Fsp3) is 0.276. The van der Waals surface area contributed by atoms with Gasteiger partial charge in [-0.15, -0.1) is 0 Å². The molecule has 2 heterocycles. The molecule has 5 rings (SSSR count). The Bertz CT molecular complexity index is 1320. The van der Waals surface area contributed by atoms with Crippen LogP contribution in [0, 0.1) is 0 Å². The van der Waals surface area contributed by atoms with Gasteiger partial charge in [-0.3, -0.25) is 14.4 Å². The van der Waals surface area contributed by atoms with Crippen LogP contribution >= 0.6 is 15.9 Å². The number of likely N-dealkylation sites (tertiary alicyclic amines) is 1. The second kappa shape index (κ2) is 10.9. The molecule has 1 spiro atoms. The average molecular weight is 577 g/mol. The van der Waals surface area contributed by atoms with Crippen LogP contribution < -0.4 is 15.0 Å². The fourth-order valence-corrected chi connectivity index (χ4v) is 5.65. The largest absolute Gasteiger partial charge is 0.497 e. The number of nitrogens with one attached hydrogen (secondary N) is 1. The maximum atomic E-state index is 13.9. The molecule has 2 fully saturated rings. The number of carbonyl (C=O) groups is 3. The summed E-state index contributed by atoms with van der Waals surface area (Å²) in [5.74, 6) is 0.299. The van der Waals surface area contributed by atoms with E-state index in [1.807, 2.05) is 53.4 Å². The molecule has 3 amide bonds. The van der Waals surface area contributed by atoms with E-state index in [0.717, 1.165) is 10.2 Å². The van der Waals surface area contributed by atoms with Crippen LogP contribution in [0.1, 0.15) is 23.2 Å². The first-order chi connectivity index (χ1) is 18.4. The molecule has 0 radical (unpaired) electrons. The highest BCUT2D eigenvalue weighted by molar-refractivity contribution is 9.10. The van der Waals surface area contributed by atoms with E-state index in [1.54, 1.807) is 42.3 Å². The number of piperidine rings is 1. The monoisotopic (exact) mass is 576 g/mol. The molecule has 3 aromatic rings. The highest BCUT2D eigenvalue weighted by Crippen LogP contribution is 2.39. The van der Waals surface area contributed by atoms with Crippen LogP contribution in [0.15, 0.2) is 83.3 Å². The van der Waals surface area contributed by atoms with Crippen molar-refractivity contribution in [3.8, 4) is 5.75 Å². The average Bonchev–Trinajstić information content (AvgIpc) is 3.20. The summed E-state index contributed by atoms with van der Waals surface area (Å²) in [4.78, 5) is 45.5. The molecule has 0 saturated carbocycles. The molecule has 2 saturated heterocycles. The quantitative estimate of drug-likeness (QED) is 0.471. The number of nitrogens with zero attached hydrogens (tertiary/aromatic N) is 3. The van der Waals surface area contributed by atoms with Gasteiger partial charge in [-0.2, -0.15) is 0 Å². The topological polar surface area (TPSA) is 82.2 Å². The maximum absolute atomic E-state index is 13.9. The van der Waals surface area contributed by atoms with Crippen molar-refractivity contribution in [2.75, 3.05) is 43.6 Å². The summed E-state index contributed by atoms with van der Waals surface area (Å²) in [6.07, 6.45) is 0.966. The number of methoxy groups -OCH3 is 1. The standard InChI is InChI=1S/C29H29BrN4O4/c1-38-25-12-10-23(11-13-25)31-26(35)19-33-20-34(24-8-3-2-4-9-24)29(28(33)37)14-16-32(17-15-29)27(36)21-6-5-7-22(30)18-21/h2-13,18H,14-17,19-20H2,1H3,(H,31,35). The second-order valence-corrected chi connectivity index (χ2v) is 10.4. The lowest BCUT2D eigenvalue weighted by Crippen LogP contribution is -2.57. The number of anilines is 2. The Morgan fingerprint density at radius 2 is 1.68 bits per heavy atom. The van der Waals surface area contributed by atoms with Gasteiger partial charge in [-0.1, -0.05) is 40.2 Å². The molecule has 38 heavy (non-hydrogen) atoms. The van der Waals surface area contributed by atoms with Crippen LogP contribution in [-0.4, -0.2) is 66.5 Å². The Balaban J connectivity index is 1.32. The van der Waals surface area contributed by atoms with Gasteiger partial charge in [0.25, 0.3) is 11.8 Å². The Morgan fingerprint density at radius 3 is 2.34 bits per heavy atom. The first-order valence-electron chi connectivity index (χ1n) is 12.5. The number of halogens is 1. The van der Waals surface area contributed by atoms with Crippen molar-refractivity contribution in [1.29, 1.82) is 0 Å². The van der Waals surface area contributed by atoms with Crippen LogP contribution in [-0.2, 0) is 9.59 Å². The van der Waals surface area contributed by atoms with Gasteiger partial charge < -0.3 is 24.8 Å². The van der Waals surface area contributed by atoms with Crippen molar-refractivity contribution in [3.05, 3.63) is 88.9 Å². The van der Waals surface area contributed by atoms with Crippen molar-refractivity contribution in [1.82, 2.24) is 9.80 Å². The molecule has 1 N–H and O–H groups in total. The summed E-state index contributed by atoms with van der Waals surface area (Å²) in [5, 5.41) is 2.87. The lowest BCUT2D eigenvalue weighted by atomic mass is 9.85. The van der Waals surface area contributed by atoms with Crippen LogP contribution in [0.4, 0.5) is 11.4 Å². The van der Waals surface area contributed by atoms with Crippen molar-refractivity contribution < 1.29 is 19.1 Å². The van der Waals surface area contributed by atoms with Crippen LogP contribution in [0.5, 0.6) is 5.75 Å². The lowest BCUT2D eigenvalue weighted by molar-refractivity contribution is -0.136. The van der Waals surface area contributed by atoms with Gasteiger partial charge in [0.15, 0.2) is 0 Å². The number of para-hydroxylation sites is 1. The number of benzene rings is 3. The number of rotatable bonds is 6. The molecular weight excluding hydrogens is 548 g/mol. The summed E-state index contributed by atoms with van der Waals surface area (Å²) >= 11 is 3.43. The van der Waals surface area contributed by atoms with Crippen LogP contribution in [0.3, 0.4) is 0 Å². The van der Waals surface area contributed by atoms with Crippen molar-refractivity contribution in [2.45, 2.75) is 18.4 Å². The molecule has 0 atom stereocenters. The zero-order valence-corrected chi connectivity index (χ0v) is 22.7. The number of hydrogen-bond acceptors (Lipinski definition) is 5. The van der Waals surface area contributed by atoms with Gasteiger partial charge in [0.1, 0.15) is 17.8 Å². The first-order valence-corrected chi connectivity index (χ1v) is 13.3. The van der Waals surface area contributed by atoms with Crippen molar-refractivity contribution in [3.63, 3.8) is 0 Å². The summed E-state index contributed by atoms with van der Waals surface area (Å²) in [6.45, 7) is 1.15. The molecule has 196 valence electrons. The number of ether oxygens (including phenoxy) is 1. The molecule has 2 aliphatic rings. The molecule has 3 aromatic carbocycles. The minimum absolute atomic E-state index is 0.0476. The van der Waals surface area contributed by atoms with Gasteiger partial charge in [-0.25, -0.2) is 0 Å². The molecular formula is C29H29BrN4O4. The van der Waals surface area contributed by atoms with Gasteiger partial charge >= 0.3 is 0 Å². The van der Waals surface area contributed by atoms with E-state index in [1.165, 1.54) is 0 Å². The molecule has 2 aliphatic heterocycles. The van der Waals surface area contributed by atoms with Gasteiger partial charge in [0.05, 0.1) is 13.8 Å². The Morgan fingerprint density at radius 1 is 0.974 bits per heavy atom. The van der Waals surface area contributed by atoms with Gasteiger partial charge in [-0.05, 0) is 67.4 Å². The van der Waals surface area contributed by atoms with Gasteiger partial charge in [0.2, 0.25) is 5.91 Å². The van der Waals surface area contributed by atoms with Crippen molar-refractivity contribution in [2.24, 2.45) is 0 Å². The van der Waals surface area contributed by atoms with Crippen LogP contribution in [0.2, 0.25) is 0 Å². The Labute approximate surface area is 230 Å². The number of amides is 3. The normalized spacial score (nSPS) is 16.6. The molecule has 8 nitrogen and oxygen atoms in total. The third-order valence-corrected chi connectivity index (χ3v) is 7.73. The molecule has 0 aromatic heterocycles. The zero-order valence-electron chi connectivity index (χ0n) is 21.1. The highest BCUT2D eigenvalue weighted by Gasteiger charge is 2.54. The lowest BCUT2D eigenvalue weighted by Gasteiger charge is -2.43. The third-order valence-electron chi connectivity index (χ3n) is 7.24. The van der Waals surface area contributed by atoms with Crippen LogP contribution in [0.25, 0.3) is 0 Å². The van der Waals surface area contributed by atoms with E-state index in [9.17, 15) is 14.4 Å². The Kier molecular flexibility index (Phi) is 7.37. The number of carbonyl (C=O) groups excluding carboxylic acids is 3. The van der Waals surface area contributed by atoms with E-state index < -0.39 is 5.54 Å². The summed E-state index contributed by atoms with van der Waals surface area (Å²) in [7, 11) is 1.59.